The summed E-state index contributed by atoms with van der Waals surface area (Å²) in [5, 5.41) is 17.2. The Labute approximate surface area is 176 Å². The molecule has 3 atom stereocenters. The van der Waals surface area contributed by atoms with Crippen LogP contribution in [0.5, 0.6) is 0 Å². The van der Waals surface area contributed by atoms with E-state index in [4.69, 9.17) is 5.73 Å². The minimum Gasteiger partial charge on any atom is -0.480 e. The van der Waals surface area contributed by atoms with Crippen LogP contribution in [0.4, 0.5) is 0 Å². The maximum atomic E-state index is 12.5. The Balaban J connectivity index is 1.56. The first-order valence-corrected chi connectivity index (χ1v) is 11.0. The van der Waals surface area contributed by atoms with Gasteiger partial charge in [-0.1, -0.05) is 26.7 Å². The van der Waals surface area contributed by atoms with Crippen LogP contribution in [-0.2, 0) is 16.0 Å². The normalized spacial score (nSPS) is 30.4. The molecule has 0 bridgehead atoms. The minimum atomic E-state index is -1.47. The first-order chi connectivity index (χ1) is 14.3. The standard InChI is InChI=1S/C22H31N5O3/c1-3-15-10-22(21(29)30,20(28)24-15)11-16-8-9-18-25-17(12-27(18)26-16)19(23)14-6-4-13(2)5-7-14/h8-9,12-15,19H,3-7,10-11,23H2,1-2H3,(H,24,28)(H,29,30)/t13?,14?,15-,19+,22+/m1/s1. The van der Waals surface area contributed by atoms with E-state index in [0.29, 0.717) is 23.7 Å². The highest BCUT2D eigenvalue weighted by Gasteiger charge is 2.52. The van der Waals surface area contributed by atoms with Crippen LogP contribution in [0.25, 0.3) is 5.65 Å². The summed E-state index contributed by atoms with van der Waals surface area (Å²) in [5.74, 6) is -0.337. The summed E-state index contributed by atoms with van der Waals surface area (Å²) in [6.45, 7) is 4.23. The predicted octanol–water partition coefficient (Wildman–Crippen LogP) is 2.47. The second kappa shape index (κ2) is 7.98. The molecular formula is C22H31N5O3. The molecule has 0 spiro atoms. The highest BCUT2D eigenvalue weighted by atomic mass is 16.4. The number of aliphatic carboxylic acids is 1. The number of nitrogens with one attached hydrogen (secondary N) is 1. The first kappa shape index (κ1) is 20.8. The van der Waals surface area contributed by atoms with Crippen LogP contribution < -0.4 is 11.1 Å². The highest BCUT2D eigenvalue weighted by molar-refractivity contribution is 6.04. The molecule has 0 radical (unpaired) electrons. The molecule has 1 saturated carbocycles. The molecular weight excluding hydrogens is 382 g/mol. The van der Waals surface area contributed by atoms with Crippen molar-refractivity contribution >= 4 is 17.5 Å². The van der Waals surface area contributed by atoms with Gasteiger partial charge in [-0.15, -0.1) is 0 Å². The third kappa shape index (κ3) is 3.69. The van der Waals surface area contributed by atoms with Crippen LogP contribution in [-0.4, -0.2) is 37.6 Å². The molecule has 2 fully saturated rings. The molecule has 0 aromatic carbocycles. The second-order valence-corrected chi connectivity index (χ2v) is 9.19. The smallest absolute Gasteiger partial charge is 0.319 e. The number of nitrogens with two attached hydrogens (primary N) is 1. The zero-order valence-electron chi connectivity index (χ0n) is 17.7. The van der Waals surface area contributed by atoms with Crippen molar-refractivity contribution < 1.29 is 14.7 Å². The molecule has 0 unspecified atom stereocenters. The van der Waals surface area contributed by atoms with Crippen molar-refractivity contribution in [3.8, 4) is 0 Å². The molecule has 1 aliphatic heterocycles. The molecule has 162 valence electrons. The lowest BCUT2D eigenvalue weighted by Crippen LogP contribution is -2.41. The van der Waals surface area contributed by atoms with Crippen molar-refractivity contribution in [2.24, 2.45) is 23.0 Å². The number of carboxylic acid groups (broad SMARTS) is 1. The van der Waals surface area contributed by atoms with Crippen LogP contribution in [0, 0.1) is 17.3 Å². The lowest BCUT2D eigenvalue weighted by atomic mass is 9.79. The van der Waals surface area contributed by atoms with E-state index < -0.39 is 17.3 Å². The van der Waals surface area contributed by atoms with E-state index >= 15 is 0 Å². The first-order valence-electron chi connectivity index (χ1n) is 11.0. The summed E-state index contributed by atoms with van der Waals surface area (Å²) >= 11 is 0. The van der Waals surface area contributed by atoms with Crippen LogP contribution in [0.15, 0.2) is 18.3 Å². The van der Waals surface area contributed by atoms with Crippen molar-refractivity contribution in [1.29, 1.82) is 0 Å². The Morgan fingerprint density at radius 3 is 2.73 bits per heavy atom. The van der Waals surface area contributed by atoms with Crippen LogP contribution in [0.3, 0.4) is 0 Å². The van der Waals surface area contributed by atoms with Gasteiger partial charge >= 0.3 is 5.97 Å². The summed E-state index contributed by atoms with van der Waals surface area (Å²) in [6.07, 6.45) is 7.51. The third-order valence-corrected chi connectivity index (χ3v) is 7.05. The van der Waals surface area contributed by atoms with Gasteiger partial charge in [0.05, 0.1) is 23.6 Å². The van der Waals surface area contributed by atoms with E-state index in [2.05, 4.69) is 22.3 Å². The average Bonchev–Trinajstić information content (AvgIpc) is 3.29. The van der Waals surface area contributed by atoms with Gasteiger partial charge in [0.15, 0.2) is 11.1 Å². The van der Waals surface area contributed by atoms with Crippen LogP contribution in [0.2, 0.25) is 0 Å². The molecule has 30 heavy (non-hydrogen) atoms. The number of carboxylic acids is 1. The summed E-state index contributed by atoms with van der Waals surface area (Å²) < 4.78 is 1.66. The maximum absolute atomic E-state index is 12.5. The van der Waals surface area contributed by atoms with Crippen molar-refractivity contribution in [2.45, 2.75) is 70.9 Å². The predicted molar refractivity (Wildman–Crippen MR) is 112 cm³/mol. The van der Waals surface area contributed by atoms with Gasteiger partial charge in [0.1, 0.15) is 0 Å². The molecule has 3 heterocycles. The Kier molecular flexibility index (Phi) is 5.53. The van der Waals surface area contributed by atoms with Gasteiger partial charge in [-0.2, -0.15) is 5.10 Å². The fourth-order valence-electron chi connectivity index (χ4n) is 4.94. The van der Waals surface area contributed by atoms with E-state index in [0.717, 1.165) is 24.5 Å². The highest BCUT2D eigenvalue weighted by Crippen LogP contribution is 2.36. The molecule has 2 aromatic heterocycles. The Morgan fingerprint density at radius 2 is 2.10 bits per heavy atom. The second-order valence-electron chi connectivity index (χ2n) is 9.19. The van der Waals surface area contributed by atoms with Gasteiger partial charge in [0.25, 0.3) is 0 Å². The molecule has 4 N–H and O–H groups in total. The number of nitrogens with zero attached hydrogens (tertiary/aromatic N) is 3. The lowest BCUT2D eigenvalue weighted by Gasteiger charge is -2.29. The fourth-order valence-corrected chi connectivity index (χ4v) is 4.94. The Hall–Kier alpha value is -2.48. The lowest BCUT2D eigenvalue weighted by molar-refractivity contribution is -0.153. The molecule has 4 rings (SSSR count). The molecule has 2 aromatic rings. The number of aromatic nitrogens is 3. The van der Waals surface area contributed by atoms with Crippen LogP contribution in [0.1, 0.15) is 69.8 Å². The van der Waals surface area contributed by atoms with Gasteiger partial charge in [0, 0.05) is 12.5 Å². The molecule has 1 saturated heterocycles. The van der Waals surface area contributed by atoms with E-state index in [1.807, 2.05) is 19.2 Å². The van der Waals surface area contributed by atoms with Crippen molar-refractivity contribution in [3.05, 3.63) is 29.7 Å². The van der Waals surface area contributed by atoms with Crippen LogP contribution >= 0.6 is 0 Å². The largest absolute Gasteiger partial charge is 0.480 e. The van der Waals surface area contributed by atoms with E-state index in [-0.39, 0.29) is 24.9 Å². The Morgan fingerprint density at radius 1 is 1.37 bits per heavy atom. The minimum absolute atomic E-state index is 0.0562. The molecule has 8 heteroatoms. The molecule has 2 aliphatic rings. The van der Waals surface area contributed by atoms with Gasteiger partial charge < -0.3 is 16.2 Å². The molecule has 1 aliphatic carbocycles. The average molecular weight is 414 g/mol. The Bertz CT molecular complexity index is 949. The zero-order chi connectivity index (χ0) is 21.5. The number of amides is 1. The summed E-state index contributed by atoms with van der Waals surface area (Å²) in [4.78, 5) is 29.2. The summed E-state index contributed by atoms with van der Waals surface area (Å²) in [6, 6.07) is 3.34. The summed E-state index contributed by atoms with van der Waals surface area (Å²) in [5.41, 5.74) is 7.11. The molecule has 1 amide bonds. The van der Waals surface area contributed by atoms with Gasteiger partial charge in [-0.05, 0) is 49.7 Å². The number of carbonyl (C=O) groups is 2. The quantitative estimate of drug-likeness (QED) is 0.625. The number of hydrogen-bond acceptors (Lipinski definition) is 5. The van der Waals surface area contributed by atoms with E-state index in [1.165, 1.54) is 12.8 Å². The monoisotopic (exact) mass is 413 g/mol. The summed E-state index contributed by atoms with van der Waals surface area (Å²) in [7, 11) is 0. The van der Waals surface area contributed by atoms with Gasteiger partial charge in [0.2, 0.25) is 5.91 Å². The van der Waals surface area contributed by atoms with Gasteiger partial charge in [-0.25, -0.2) is 9.50 Å². The number of carbonyl (C=O) groups excluding carboxylic acids is 1. The number of hydrogen-bond donors (Lipinski definition) is 3. The third-order valence-electron chi connectivity index (χ3n) is 7.05. The van der Waals surface area contributed by atoms with Gasteiger partial charge in [-0.3, -0.25) is 9.59 Å². The van der Waals surface area contributed by atoms with E-state index in [9.17, 15) is 14.7 Å². The van der Waals surface area contributed by atoms with Crippen molar-refractivity contribution in [2.75, 3.05) is 0 Å². The number of rotatable bonds is 6. The number of fused-ring (bicyclic) bond motifs is 1. The van der Waals surface area contributed by atoms with Crippen molar-refractivity contribution in [3.63, 3.8) is 0 Å². The fraction of sp³-hybridized carbons (Fsp3) is 0.636. The maximum Gasteiger partial charge on any atom is 0.319 e. The molecule has 8 nitrogen and oxygen atoms in total. The SMILES string of the molecule is CC[C@@H]1C[C@@](Cc2ccc3nc([C@@H](N)C4CCC(C)CC4)cn3n2)(C(=O)O)C(=O)N1. The number of imidazole rings is 1. The zero-order valence-corrected chi connectivity index (χ0v) is 17.7. The van der Waals surface area contributed by atoms with E-state index in [1.54, 1.807) is 10.6 Å². The van der Waals surface area contributed by atoms with Crippen molar-refractivity contribution in [1.82, 2.24) is 19.9 Å². The topological polar surface area (TPSA) is 123 Å².